The lowest BCUT2D eigenvalue weighted by atomic mass is 9.82. The van der Waals surface area contributed by atoms with Crippen molar-refractivity contribution < 1.29 is 14.3 Å². The van der Waals surface area contributed by atoms with Gasteiger partial charge in [0.1, 0.15) is 5.54 Å². The first kappa shape index (κ1) is 18.3. The van der Waals surface area contributed by atoms with Gasteiger partial charge in [0.25, 0.3) is 0 Å². The molecule has 1 aromatic carbocycles. The molecule has 3 amide bonds. The highest BCUT2D eigenvalue weighted by molar-refractivity contribution is 5.87. The summed E-state index contributed by atoms with van der Waals surface area (Å²) in [4.78, 5) is 31.7. The van der Waals surface area contributed by atoms with Crippen LogP contribution < -0.4 is 5.32 Å². The Bertz CT molecular complexity index is 667. The van der Waals surface area contributed by atoms with Crippen LogP contribution in [-0.2, 0) is 16.1 Å². The molecule has 0 unspecified atom stereocenters. The van der Waals surface area contributed by atoms with E-state index in [1.54, 1.807) is 0 Å². The molecule has 7 nitrogen and oxygen atoms in total. The Kier molecular flexibility index (Phi) is 5.31. The SMILES string of the molecule is O=C(N1CCOCC1)N1CCC2(CC1)C(=O)NCCN2Cc1ccccc1. The minimum atomic E-state index is -0.504. The summed E-state index contributed by atoms with van der Waals surface area (Å²) < 4.78 is 5.34. The summed E-state index contributed by atoms with van der Waals surface area (Å²) in [7, 11) is 0. The minimum Gasteiger partial charge on any atom is -0.378 e. The highest BCUT2D eigenvalue weighted by Gasteiger charge is 2.48. The molecule has 1 spiro atoms. The zero-order valence-electron chi connectivity index (χ0n) is 15.7. The van der Waals surface area contributed by atoms with Crippen molar-refractivity contribution in [3.8, 4) is 0 Å². The fourth-order valence-electron chi connectivity index (χ4n) is 4.43. The molecule has 3 aliphatic heterocycles. The molecule has 27 heavy (non-hydrogen) atoms. The Morgan fingerprint density at radius 1 is 1.00 bits per heavy atom. The molecular formula is C20H28N4O3. The number of ether oxygens (including phenoxy) is 1. The quantitative estimate of drug-likeness (QED) is 0.838. The number of morpholine rings is 1. The molecule has 3 aliphatic rings. The second-order valence-corrected chi connectivity index (χ2v) is 7.56. The third kappa shape index (κ3) is 3.66. The van der Waals surface area contributed by atoms with Crippen LogP contribution in [0.15, 0.2) is 30.3 Å². The predicted molar refractivity (Wildman–Crippen MR) is 101 cm³/mol. The number of urea groups is 1. The molecule has 1 N–H and O–H groups in total. The van der Waals surface area contributed by atoms with Gasteiger partial charge in [0.15, 0.2) is 0 Å². The summed E-state index contributed by atoms with van der Waals surface area (Å²) in [6, 6.07) is 10.4. The maximum absolute atomic E-state index is 12.9. The van der Waals surface area contributed by atoms with Crippen molar-refractivity contribution in [3.63, 3.8) is 0 Å². The number of nitrogens with one attached hydrogen (secondary N) is 1. The number of hydrogen-bond donors (Lipinski definition) is 1. The summed E-state index contributed by atoms with van der Waals surface area (Å²) in [5, 5.41) is 3.05. The van der Waals surface area contributed by atoms with E-state index < -0.39 is 5.54 Å². The van der Waals surface area contributed by atoms with Crippen molar-refractivity contribution in [2.75, 3.05) is 52.5 Å². The summed E-state index contributed by atoms with van der Waals surface area (Å²) in [6.45, 7) is 6.06. The zero-order chi connectivity index (χ0) is 18.7. The summed E-state index contributed by atoms with van der Waals surface area (Å²) in [5.41, 5.74) is 0.717. The van der Waals surface area contributed by atoms with Crippen LogP contribution >= 0.6 is 0 Å². The Hall–Kier alpha value is -2.12. The van der Waals surface area contributed by atoms with Gasteiger partial charge in [-0.15, -0.1) is 0 Å². The van der Waals surface area contributed by atoms with Crippen molar-refractivity contribution in [2.45, 2.75) is 24.9 Å². The normalized spacial score (nSPS) is 23.3. The molecule has 0 saturated carbocycles. The van der Waals surface area contributed by atoms with Crippen LogP contribution in [0.1, 0.15) is 18.4 Å². The molecule has 4 rings (SSSR count). The van der Waals surface area contributed by atoms with E-state index >= 15 is 0 Å². The Morgan fingerprint density at radius 3 is 2.37 bits per heavy atom. The Balaban J connectivity index is 1.44. The molecular weight excluding hydrogens is 344 g/mol. The number of likely N-dealkylation sites (tertiary alicyclic amines) is 1. The van der Waals surface area contributed by atoms with E-state index in [-0.39, 0.29) is 11.9 Å². The van der Waals surface area contributed by atoms with Crippen LogP contribution in [-0.4, -0.2) is 84.7 Å². The molecule has 3 fully saturated rings. The van der Waals surface area contributed by atoms with E-state index in [9.17, 15) is 9.59 Å². The number of benzene rings is 1. The van der Waals surface area contributed by atoms with Gasteiger partial charge in [-0.3, -0.25) is 9.69 Å². The largest absolute Gasteiger partial charge is 0.378 e. The van der Waals surface area contributed by atoms with Crippen molar-refractivity contribution in [1.82, 2.24) is 20.0 Å². The first-order valence-electron chi connectivity index (χ1n) is 9.88. The number of carbonyl (C=O) groups is 2. The van der Waals surface area contributed by atoms with Gasteiger partial charge in [-0.25, -0.2) is 4.79 Å². The van der Waals surface area contributed by atoms with Gasteiger partial charge < -0.3 is 19.9 Å². The van der Waals surface area contributed by atoms with E-state index in [0.717, 1.165) is 13.1 Å². The van der Waals surface area contributed by atoms with Gasteiger partial charge >= 0.3 is 6.03 Å². The predicted octanol–water partition coefficient (Wildman–Crippen LogP) is 0.905. The number of rotatable bonds is 2. The van der Waals surface area contributed by atoms with Crippen LogP contribution in [0.2, 0.25) is 0 Å². The number of nitrogens with zero attached hydrogens (tertiary/aromatic N) is 3. The summed E-state index contributed by atoms with van der Waals surface area (Å²) in [5.74, 6) is 0.114. The van der Waals surface area contributed by atoms with E-state index in [1.807, 2.05) is 28.0 Å². The standard InChI is InChI=1S/C20H28N4O3/c25-18-20(24(11-8-21-18)16-17-4-2-1-3-5-17)6-9-22(10-7-20)19(26)23-12-14-27-15-13-23/h1-5H,6-16H2,(H,21,25). The van der Waals surface area contributed by atoms with Crippen LogP contribution in [0, 0.1) is 0 Å². The third-order valence-corrected chi connectivity index (χ3v) is 6.05. The van der Waals surface area contributed by atoms with Crippen LogP contribution in [0.3, 0.4) is 0 Å². The zero-order valence-corrected chi connectivity index (χ0v) is 15.7. The first-order valence-corrected chi connectivity index (χ1v) is 9.88. The van der Waals surface area contributed by atoms with E-state index in [2.05, 4.69) is 22.3 Å². The average Bonchev–Trinajstić information content (AvgIpc) is 2.73. The second kappa shape index (κ2) is 7.86. The molecule has 0 atom stereocenters. The number of hydrogen-bond acceptors (Lipinski definition) is 4. The van der Waals surface area contributed by atoms with Gasteiger partial charge in [-0.05, 0) is 18.4 Å². The first-order chi connectivity index (χ1) is 13.2. The lowest BCUT2D eigenvalue weighted by Crippen LogP contribution is -2.68. The van der Waals surface area contributed by atoms with Gasteiger partial charge in [-0.1, -0.05) is 30.3 Å². The topological polar surface area (TPSA) is 65.1 Å². The van der Waals surface area contributed by atoms with Gasteiger partial charge in [-0.2, -0.15) is 0 Å². The third-order valence-electron chi connectivity index (χ3n) is 6.05. The fourth-order valence-corrected chi connectivity index (χ4v) is 4.43. The summed E-state index contributed by atoms with van der Waals surface area (Å²) >= 11 is 0. The van der Waals surface area contributed by atoms with Crippen LogP contribution in [0.25, 0.3) is 0 Å². The van der Waals surface area contributed by atoms with Crippen molar-refractivity contribution >= 4 is 11.9 Å². The van der Waals surface area contributed by atoms with Gasteiger partial charge in [0.05, 0.1) is 13.2 Å². The lowest BCUT2D eigenvalue weighted by Gasteiger charge is -2.50. The highest BCUT2D eigenvalue weighted by Crippen LogP contribution is 2.33. The molecule has 0 aliphatic carbocycles. The molecule has 0 radical (unpaired) electrons. The molecule has 0 bridgehead atoms. The number of amides is 3. The number of piperazine rings is 1. The second-order valence-electron chi connectivity index (χ2n) is 7.56. The van der Waals surface area contributed by atoms with Crippen molar-refractivity contribution in [1.29, 1.82) is 0 Å². The average molecular weight is 372 g/mol. The van der Waals surface area contributed by atoms with Gasteiger partial charge in [0.2, 0.25) is 5.91 Å². The van der Waals surface area contributed by atoms with Crippen molar-refractivity contribution in [2.24, 2.45) is 0 Å². The van der Waals surface area contributed by atoms with Crippen molar-refractivity contribution in [3.05, 3.63) is 35.9 Å². The van der Waals surface area contributed by atoms with E-state index in [1.165, 1.54) is 5.56 Å². The molecule has 3 saturated heterocycles. The van der Waals surface area contributed by atoms with Crippen LogP contribution in [0.5, 0.6) is 0 Å². The molecule has 0 aromatic heterocycles. The summed E-state index contributed by atoms with van der Waals surface area (Å²) in [6.07, 6.45) is 1.36. The fraction of sp³-hybridized carbons (Fsp3) is 0.600. The highest BCUT2D eigenvalue weighted by atomic mass is 16.5. The number of carbonyl (C=O) groups excluding carboxylic acids is 2. The van der Waals surface area contributed by atoms with E-state index in [4.69, 9.17) is 4.74 Å². The molecule has 146 valence electrons. The maximum atomic E-state index is 12.9. The maximum Gasteiger partial charge on any atom is 0.320 e. The molecule has 3 heterocycles. The smallest absolute Gasteiger partial charge is 0.320 e. The molecule has 7 heteroatoms. The Labute approximate surface area is 160 Å². The van der Waals surface area contributed by atoms with E-state index in [0.29, 0.717) is 58.8 Å². The Morgan fingerprint density at radius 2 is 1.67 bits per heavy atom. The monoisotopic (exact) mass is 372 g/mol. The van der Waals surface area contributed by atoms with Gasteiger partial charge in [0, 0.05) is 45.8 Å². The van der Waals surface area contributed by atoms with Crippen LogP contribution in [0.4, 0.5) is 4.79 Å². The number of piperidine rings is 1. The molecule has 1 aromatic rings. The lowest BCUT2D eigenvalue weighted by molar-refractivity contribution is -0.141. The minimum absolute atomic E-state index is 0.0824.